The SMILES string of the molecule is Cc1cc(C)cc(OCc2ccc(S(=O)(=O)N3CCSC(C)(C)[C@@H]3C(=O)NO)cc2)c1. The second-order valence-corrected chi connectivity index (χ2v) is 11.8. The molecule has 3 rings (SSSR count). The molecule has 0 spiro atoms. The number of nitrogens with one attached hydrogen (secondary N) is 1. The summed E-state index contributed by atoms with van der Waals surface area (Å²) < 4.78 is 32.9. The summed E-state index contributed by atoms with van der Waals surface area (Å²) in [7, 11) is -3.93. The van der Waals surface area contributed by atoms with Crippen LogP contribution in [0, 0.1) is 13.8 Å². The van der Waals surface area contributed by atoms with Gasteiger partial charge in [0.15, 0.2) is 0 Å². The monoisotopic (exact) mass is 464 g/mol. The van der Waals surface area contributed by atoms with Gasteiger partial charge in [-0.3, -0.25) is 10.0 Å². The molecular formula is C22H28N2O5S2. The first-order valence-electron chi connectivity index (χ1n) is 9.94. The van der Waals surface area contributed by atoms with E-state index in [0.717, 1.165) is 22.4 Å². The van der Waals surface area contributed by atoms with Crippen LogP contribution in [0.4, 0.5) is 0 Å². The lowest BCUT2D eigenvalue weighted by molar-refractivity contribution is -0.134. The first-order valence-corrected chi connectivity index (χ1v) is 12.4. The smallest absolute Gasteiger partial charge is 0.263 e. The van der Waals surface area contributed by atoms with Crippen molar-refractivity contribution in [3.63, 3.8) is 0 Å². The first kappa shape index (κ1) is 23.6. The van der Waals surface area contributed by atoms with Crippen molar-refractivity contribution in [3.8, 4) is 5.75 Å². The van der Waals surface area contributed by atoms with E-state index in [9.17, 15) is 13.2 Å². The number of thioether (sulfide) groups is 1. The van der Waals surface area contributed by atoms with Gasteiger partial charge in [0.25, 0.3) is 5.91 Å². The fraction of sp³-hybridized carbons (Fsp3) is 0.409. The van der Waals surface area contributed by atoms with Crippen LogP contribution in [0.3, 0.4) is 0 Å². The predicted molar refractivity (Wildman–Crippen MR) is 121 cm³/mol. The number of carbonyl (C=O) groups excluding carboxylic acids is 1. The van der Waals surface area contributed by atoms with Crippen molar-refractivity contribution in [1.29, 1.82) is 0 Å². The fourth-order valence-corrected chi connectivity index (χ4v) is 6.90. The first-order chi connectivity index (χ1) is 14.5. The Hall–Kier alpha value is -2.07. The summed E-state index contributed by atoms with van der Waals surface area (Å²) in [4.78, 5) is 12.4. The van der Waals surface area contributed by atoms with E-state index in [1.807, 2.05) is 26.0 Å². The largest absolute Gasteiger partial charge is 0.489 e. The quantitative estimate of drug-likeness (QED) is 0.503. The molecule has 168 valence electrons. The van der Waals surface area contributed by atoms with Gasteiger partial charge in [0.2, 0.25) is 10.0 Å². The van der Waals surface area contributed by atoms with Gasteiger partial charge in [0, 0.05) is 17.0 Å². The number of rotatable bonds is 6. The Balaban J connectivity index is 1.79. The lowest BCUT2D eigenvalue weighted by Gasteiger charge is -2.43. The minimum atomic E-state index is -3.93. The van der Waals surface area contributed by atoms with Crippen molar-refractivity contribution in [3.05, 3.63) is 59.2 Å². The molecule has 7 nitrogen and oxygen atoms in total. The maximum atomic E-state index is 13.3. The van der Waals surface area contributed by atoms with E-state index in [1.165, 1.54) is 28.2 Å². The highest BCUT2D eigenvalue weighted by Gasteiger charge is 2.48. The molecule has 1 amide bonds. The predicted octanol–water partition coefficient (Wildman–Crippen LogP) is 3.27. The average Bonchev–Trinajstić information content (AvgIpc) is 2.70. The van der Waals surface area contributed by atoms with Crippen molar-refractivity contribution in [1.82, 2.24) is 9.79 Å². The van der Waals surface area contributed by atoms with E-state index >= 15 is 0 Å². The highest BCUT2D eigenvalue weighted by Crippen LogP contribution is 2.38. The number of amides is 1. The number of aryl methyl sites for hydroxylation is 2. The zero-order valence-electron chi connectivity index (χ0n) is 18.1. The van der Waals surface area contributed by atoms with Gasteiger partial charge in [0.05, 0.1) is 4.90 Å². The van der Waals surface area contributed by atoms with Gasteiger partial charge in [0.1, 0.15) is 18.4 Å². The number of nitrogens with zero attached hydrogens (tertiary/aromatic N) is 1. The summed E-state index contributed by atoms with van der Waals surface area (Å²) in [5, 5.41) is 9.15. The van der Waals surface area contributed by atoms with Crippen molar-refractivity contribution in [2.24, 2.45) is 0 Å². The minimum absolute atomic E-state index is 0.0982. The maximum absolute atomic E-state index is 13.3. The van der Waals surface area contributed by atoms with Gasteiger partial charge in [-0.15, -0.1) is 0 Å². The second-order valence-electron chi connectivity index (χ2n) is 8.20. The molecule has 31 heavy (non-hydrogen) atoms. The van der Waals surface area contributed by atoms with Crippen LogP contribution in [0.1, 0.15) is 30.5 Å². The van der Waals surface area contributed by atoms with Gasteiger partial charge in [-0.05, 0) is 68.7 Å². The third-order valence-electron chi connectivity index (χ3n) is 5.22. The summed E-state index contributed by atoms with van der Waals surface area (Å²) >= 11 is 1.50. The van der Waals surface area contributed by atoms with E-state index in [1.54, 1.807) is 31.5 Å². The van der Waals surface area contributed by atoms with E-state index in [2.05, 4.69) is 6.07 Å². The van der Waals surface area contributed by atoms with Crippen LogP contribution in [-0.2, 0) is 21.4 Å². The Labute approximate surface area is 187 Å². The molecule has 1 aliphatic rings. The third-order valence-corrected chi connectivity index (χ3v) is 8.45. The average molecular weight is 465 g/mol. The van der Waals surface area contributed by atoms with Gasteiger partial charge in [-0.25, -0.2) is 13.9 Å². The van der Waals surface area contributed by atoms with Crippen LogP contribution < -0.4 is 10.2 Å². The Morgan fingerprint density at radius 2 is 1.81 bits per heavy atom. The second kappa shape index (κ2) is 9.20. The van der Waals surface area contributed by atoms with E-state index in [0.29, 0.717) is 12.4 Å². The standard InChI is InChI=1S/C22H28N2O5S2/c1-15-11-16(2)13-18(12-15)29-14-17-5-7-19(8-6-17)31(27,28)24-9-10-30-22(3,4)20(24)21(25)23-26/h5-8,11-13,20,26H,9-10,14H2,1-4H3,(H,23,25)/t20-/m0/s1. The molecule has 2 N–H and O–H groups in total. The Bertz CT molecular complexity index is 1030. The fourth-order valence-electron chi connectivity index (χ4n) is 3.80. The number of hydroxylamine groups is 1. The normalized spacial score (nSPS) is 19.1. The number of hydrogen-bond donors (Lipinski definition) is 2. The highest BCUT2D eigenvalue weighted by atomic mass is 32.2. The van der Waals surface area contributed by atoms with Crippen molar-refractivity contribution in [2.75, 3.05) is 12.3 Å². The van der Waals surface area contributed by atoms with Crippen molar-refractivity contribution >= 4 is 27.7 Å². The number of sulfonamides is 1. The number of ether oxygens (including phenoxy) is 1. The summed E-state index contributed by atoms with van der Waals surface area (Å²) in [5.74, 6) is 0.586. The summed E-state index contributed by atoms with van der Waals surface area (Å²) in [6.45, 7) is 8.10. The Morgan fingerprint density at radius 3 is 2.39 bits per heavy atom. The molecule has 1 atom stereocenters. The van der Waals surface area contributed by atoms with Crippen molar-refractivity contribution in [2.45, 2.75) is 50.0 Å². The molecule has 1 saturated heterocycles. The van der Waals surface area contributed by atoms with Crippen molar-refractivity contribution < 1.29 is 23.2 Å². The highest BCUT2D eigenvalue weighted by molar-refractivity contribution is 8.00. The van der Waals surface area contributed by atoms with Gasteiger partial charge < -0.3 is 4.74 Å². The van der Waals surface area contributed by atoms with Crippen LogP contribution in [0.25, 0.3) is 0 Å². The molecule has 1 aliphatic heterocycles. The number of hydrogen-bond acceptors (Lipinski definition) is 6. The molecule has 1 fully saturated rings. The summed E-state index contributed by atoms with van der Waals surface area (Å²) in [6, 6.07) is 11.4. The zero-order chi connectivity index (χ0) is 22.8. The molecular weight excluding hydrogens is 436 g/mol. The van der Waals surface area contributed by atoms with E-state index in [-0.39, 0.29) is 11.4 Å². The van der Waals surface area contributed by atoms with Gasteiger partial charge in [-0.2, -0.15) is 16.1 Å². The van der Waals surface area contributed by atoms with Crippen LogP contribution in [0.15, 0.2) is 47.4 Å². The number of carbonyl (C=O) groups is 1. The van der Waals surface area contributed by atoms with E-state index < -0.39 is 26.7 Å². The molecule has 1 heterocycles. The van der Waals surface area contributed by atoms with Crippen LogP contribution >= 0.6 is 11.8 Å². The van der Waals surface area contributed by atoms with Crippen LogP contribution in [0.2, 0.25) is 0 Å². The molecule has 0 aromatic heterocycles. The van der Waals surface area contributed by atoms with Gasteiger partial charge >= 0.3 is 0 Å². The number of benzene rings is 2. The lowest BCUT2D eigenvalue weighted by Crippen LogP contribution is -2.61. The Kier molecular flexibility index (Phi) is 7.00. The summed E-state index contributed by atoms with van der Waals surface area (Å²) in [6.07, 6.45) is 0. The third kappa shape index (κ3) is 5.23. The molecule has 2 aromatic carbocycles. The molecule has 0 unspecified atom stereocenters. The molecule has 0 aliphatic carbocycles. The maximum Gasteiger partial charge on any atom is 0.263 e. The zero-order valence-corrected chi connectivity index (χ0v) is 19.7. The molecule has 2 aromatic rings. The van der Waals surface area contributed by atoms with Gasteiger partial charge in [-0.1, -0.05) is 18.2 Å². The lowest BCUT2D eigenvalue weighted by atomic mass is 10.0. The van der Waals surface area contributed by atoms with Crippen LogP contribution in [0.5, 0.6) is 5.75 Å². The van der Waals surface area contributed by atoms with Crippen LogP contribution in [-0.4, -0.2) is 46.9 Å². The summed E-state index contributed by atoms with van der Waals surface area (Å²) in [5.41, 5.74) is 4.67. The molecule has 9 heteroatoms. The molecule has 0 saturated carbocycles. The van der Waals surface area contributed by atoms with E-state index in [4.69, 9.17) is 9.94 Å². The molecule has 0 radical (unpaired) electrons. The minimum Gasteiger partial charge on any atom is -0.489 e. The Morgan fingerprint density at radius 1 is 1.19 bits per heavy atom. The molecule has 0 bridgehead atoms. The topological polar surface area (TPSA) is 95.9 Å².